The third-order valence-corrected chi connectivity index (χ3v) is 2.97. The van der Waals surface area contributed by atoms with E-state index in [-0.39, 0.29) is 11.7 Å². The smallest absolute Gasteiger partial charge is 0.224 e. The van der Waals surface area contributed by atoms with Crippen molar-refractivity contribution in [1.82, 2.24) is 5.32 Å². The Kier molecular flexibility index (Phi) is 5.32. The number of halogens is 1. The molecule has 0 aliphatic rings. The van der Waals surface area contributed by atoms with Gasteiger partial charge in [-0.25, -0.2) is 4.39 Å². The average molecular weight is 287 g/mol. The van der Waals surface area contributed by atoms with Crippen molar-refractivity contribution in [2.24, 2.45) is 0 Å². The summed E-state index contributed by atoms with van der Waals surface area (Å²) < 4.78 is 18.3. The van der Waals surface area contributed by atoms with Crippen LogP contribution in [-0.4, -0.2) is 19.1 Å². The minimum Gasteiger partial charge on any atom is -0.492 e. The summed E-state index contributed by atoms with van der Waals surface area (Å²) in [5.41, 5.74) is 2.15. The number of hydrogen-bond donors (Lipinski definition) is 1. The van der Waals surface area contributed by atoms with Gasteiger partial charge in [0.25, 0.3) is 0 Å². The van der Waals surface area contributed by atoms with Crippen LogP contribution in [0.4, 0.5) is 4.39 Å². The van der Waals surface area contributed by atoms with Gasteiger partial charge in [0.2, 0.25) is 5.91 Å². The number of rotatable bonds is 6. The van der Waals surface area contributed by atoms with Gasteiger partial charge in [-0.15, -0.1) is 0 Å². The fraction of sp³-hybridized carbons (Fsp3) is 0.235. The van der Waals surface area contributed by atoms with Gasteiger partial charge < -0.3 is 10.1 Å². The van der Waals surface area contributed by atoms with Crippen LogP contribution in [0.15, 0.2) is 48.5 Å². The third kappa shape index (κ3) is 5.26. The van der Waals surface area contributed by atoms with Crippen molar-refractivity contribution in [1.29, 1.82) is 0 Å². The summed E-state index contributed by atoms with van der Waals surface area (Å²) in [4.78, 5) is 11.7. The Morgan fingerprint density at radius 1 is 1.19 bits per heavy atom. The van der Waals surface area contributed by atoms with E-state index in [1.807, 2.05) is 31.2 Å². The maximum Gasteiger partial charge on any atom is 0.224 e. The topological polar surface area (TPSA) is 38.3 Å². The van der Waals surface area contributed by atoms with Crippen LogP contribution in [0.2, 0.25) is 0 Å². The number of nitrogens with one attached hydrogen (secondary N) is 1. The van der Waals surface area contributed by atoms with Crippen molar-refractivity contribution in [3.8, 4) is 5.75 Å². The summed E-state index contributed by atoms with van der Waals surface area (Å²) >= 11 is 0. The summed E-state index contributed by atoms with van der Waals surface area (Å²) in [6, 6.07) is 13.8. The molecule has 2 aromatic rings. The summed E-state index contributed by atoms with van der Waals surface area (Å²) in [5, 5.41) is 2.77. The highest BCUT2D eigenvalue weighted by Crippen LogP contribution is 2.11. The van der Waals surface area contributed by atoms with Crippen molar-refractivity contribution in [3.63, 3.8) is 0 Å². The lowest BCUT2D eigenvalue weighted by atomic mass is 10.1. The molecule has 0 radical (unpaired) electrons. The van der Waals surface area contributed by atoms with Gasteiger partial charge in [-0.3, -0.25) is 4.79 Å². The molecule has 21 heavy (non-hydrogen) atoms. The highest BCUT2D eigenvalue weighted by Gasteiger charge is 2.03. The van der Waals surface area contributed by atoms with Crippen LogP contribution in [0.5, 0.6) is 5.75 Å². The molecule has 0 aliphatic carbocycles. The minimum absolute atomic E-state index is 0.0540. The van der Waals surface area contributed by atoms with Gasteiger partial charge in [0, 0.05) is 6.07 Å². The molecule has 110 valence electrons. The van der Waals surface area contributed by atoms with Crippen LogP contribution in [0.25, 0.3) is 0 Å². The summed E-state index contributed by atoms with van der Waals surface area (Å²) in [6.07, 6.45) is 0.347. The second-order valence-corrected chi connectivity index (χ2v) is 4.82. The van der Waals surface area contributed by atoms with E-state index in [0.717, 1.165) is 5.56 Å². The Morgan fingerprint density at radius 2 is 1.95 bits per heavy atom. The number of benzene rings is 2. The normalized spacial score (nSPS) is 10.2. The van der Waals surface area contributed by atoms with Crippen LogP contribution in [0, 0.1) is 12.7 Å². The van der Waals surface area contributed by atoms with Crippen LogP contribution in [0.1, 0.15) is 11.1 Å². The molecule has 2 aromatic carbocycles. The number of aryl methyl sites for hydroxylation is 1. The fourth-order valence-electron chi connectivity index (χ4n) is 1.87. The van der Waals surface area contributed by atoms with Crippen LogP contribution < -0.4 is 10.1 Å². The Bertz CT molecular complexity index is 596. The van der Waals surface area contributed by atoms with Crippen LogP contribution in [-0.2, 0) is 11.2 Å². The van der Waals surface area contributed by atoms with Crippen LogP contribution in [0.3, 0.4) is 0 Å². The van der Waals surface area contributed by atoms with E-state index in [4.69, 9.17) is 4.74 Å². The van der Waals surface area contributed by atoms with Gasteiger partial charge >= 0.3 is 0 Å². The molecule has 1 amide bonds. The van der Waals surface area contributed by atoms with Crippen molar-refractivity contribution in [2.75, 3.05) is 13.2 Å². The number of carbonyl (C=O) groups is 1. The number of ether oxygens (including phenoxy) is 1. The number of amides is 1. The molecule has 0 aromatic heterocycles. The van der Waals surface area contributed by atoms with Crippen molar-refractivity contribution in [2.45, 2.75) is 13.3 Å². The molecule has 0 spiro atoms. The average Bonchev–Trinajstić information content (AvgIpc) is 2.46. The first-order valence-corrected chi connectivity index (χ1v) is 6.84. The van der Waals surface area contributed by atoms with Crippen molar-refractivity contribution >= 4 is 5.91 Å². The zero-order chi connectivity index (χ0) is 15.1. The molecule has 0 aliphatic heterocycles. The second kappa shape index (κ2) is 7.43. The monoisotopic (exact) mass is 287 g/mol. The Hall–Kier alpha value is -2.36. The van der Waals surface area contributed by atoms with E-state index < -0.39 is 0 Å². The Morgan fingerprint density at radius 3 is 2.67 bits per heavy atom. The lowest BCUT2D eigenvalue weighted by Gasteiger charge is -2.08. The molecule has 0 bridgehead atoms. The van der Waals surface area contributed by atoms with Gasteiger partial charge in [-0.05, 0) is 24.6 Å². The zero-order valence-electron chi connectivity index (χ0n) is 11.9. The van der Waals surface area contributed by atoms with Gasteiger partial charge in [-0.1, -0.05) is 35.9 Å². The molecule has 0 saturated carbocycles. The Labute approximate surface area is 123 Å². The summed E-state index contributed by atoms with van der Waals surface area (Å²) in [7, 11) is 0. The molecule has 0 saturated heterocycles. The first kappa shape index (κ1) is 15.0. The summed E-state index contributed by atoms with van der Waals surface area (Å²) in [5.74, 6) is 0.0698. The largest absolute Gasteiger partial charge is 0.492 e. The molecular formula is C17H18FNO2. The lowest BCUT2D eigenvalue weighted by molar-refractivity contribution is -0.120. The predicted molar refractivity (Wildman–Crippen MR) is 79.8 cm³/mol. The first-order valence-electron chi connectivity index (χ1n) is 6.84. The predicted octanol–water partition coefficient (Wildman–Crippen LogP) is 2.87. The van der Waals surface area contributed by atoms with Gasteiger partial charge in [0.1, 0.15) is 18.2 Å². The number of hydrogen-bond acceptors (Lipinski definition) is 2. The highest BCUT2D eigenvalue weighted by atomic mass is 19.1. The maximum absolute atomic E-state index is 12.9. The molecule has 4 heteroatoms. The zero-order valence-corrected chi connectivity index (χ0v) is 11.9. The molecule has 0 fully saturated rings. The fourth-order valence-corrected chi connectivity index (χ4v) is 1.87. The molecule has 0 unspecified atom stereocenters. The van der Waals surface area contributed by atoms with E-state index >= 15 is 0 Å². The molecule has 3 nitrogen and oxygen atoms in total. The second-order valence-electron chi connectivity index (χ2n) is 4.82. The van der Waals surface area contributed by atoms with Gasteiger partial charge in [0.05, 0.1) is 13.0 Å². The van der Waals surface area contributed by atoms with Crippen molar-refractivity contribution in [3.05, 3.63) is 65.5 Å². The van der Waals surface area contributed by atoms with Gasteiger partial charge in [-0.2, -0.15) is 0 Å². The van der Waals surface area contributed by atoms with E-state index in [2.05, 4.69) is 5.32 Å². The Balaban J connectivity index is 1.68. The SMILES string of the molecule is Cc1ccc(CC(=O)NCCOc2cccc(F)c2)cc1. The van der Waals surface area contributed by atoms with E-state index in [1.54, 1.807) is 12.1 Å². The molecule has 0 heterocycles. The van der Waals surface area contributed by atoms with Gasteiger partial charge in [0.15, 0.2) is 0 Å². The van der Waals surface area contributed by atoms with Crippen molar-refractivity contribution < 1.29 is 13.9 Å². The van der Waals surface area contributed by atoms with E-state index in [9.17, 15) is 9.18 Å². The molecular weight excluding hydrogens is 269 g/mol. The number of carbonyl (C=O) groups excluding carboxylic acids is 1. The highest BCUT2D eigenvalue weighted by molar-refractivity contribution is 5.78. The molecule has 0 atom stereocenters. The quantitative estimate of drug-likeness (QED) is 0.830. The molecule has 2 rings (SSSR count). The molecule has 1 N–H and O–H groups in total. The summed E-state index contributed by atoms with van der Waals surface area (Å²) in [6.45, 7) is 2.71. The van der Waals surface area contributed by atoms with E-state index in [1.165, 1.54) is 17.7 Å². The third-order valence-electron chi connectivity index (χ3n) is 2.97. The standard InChI is InChI=1S/C17H18FNO2/c1-13-5-7-14(8-6-13)11-17(20)19-9-10-21-16-4-2-3-15(18)12-16/h2-8,12H,9-11H2,1H3,(H,19,20). The van der Waals surface area contributed by atoms with Crippen LogP contribution >= 0.6 is 0 Å². The minimum atomic E-state index is -0.337. The first-order chi connectivity index (χ1) is 10.1. The van der Waals surface area contributed by atoms with E-state index in [0.29, 0.717) is 25.3 Å². The lowest BCUT2D eigenvalue weighted by Crippen LogP contribution is -2.29. The maximum atomic E-state index is 12.9.